The van der Waals surface area contributed by atoms with E-state index in [0.29, 0.717) is 19.0 Å². The summed E-state index contributed by atoms with van der Waals surface area (Å²) < 4.78 is 0. The van der Waals surface area contributed by atoms with Gasteiger partial charge in [-0.25, -0.2) is 0 Å². The molecule has 0 aromatic heterocycles. The van der Waals surface area contributed by atoms with Crippen LogP contribution < -0.4 is 5.32 Å². The molecule has 0 unspecified atom stereocenters. The SMILES string of the molecule is C#C[C@H]1CC[C@@H](C#N)N1C(=O)CNC1CCCCCC1. The minimum absolute atomic E-state index is 0.0266. The van der Waals surface area contributed by atoms with Gasteiger partial charge in [0.2, 0.25) is 5.91 Å². The van der Waals surface area contributed by atoms with E-state index in [4.69, 9.17) is 11.7 Å². The minimum atomic E-state index is -0.348. The van der Waals surface area contributed by atoms with E-state index in [1.54, 1.807) is 4.90 Å². The molecule has 0 aromatic rings. The molecule has 20 heavy (non-hydrogen) atoms. The lowest BCUT2D eigenvalue weighted by Gasteiger charge is -2.25. The number of rotatable bonds is 3. The van der Waals surface area contributed by atoms with Crippen molar-refractivity contribution in [1.82, 2.24) is 10.2 Å². The maximum Gasteiger partial charge on any atom is 0.238 e. The predicted octanol–water partition coefficient (Wildman–Crippen LogP) is 1.82. The van der Waals surface area contributed by atoms with Gasteiger partial charge in [0.1, 0.15) is 6.04 Å². The molecule has 0 spiro atoms. The Morgan fingerprint density at radius 1 is 1.15 bits per heavy atom. The first kappa shape index (κ1) is 14.9. The fourth-order valence-electron chi connectivity index (χ4n) is 3.26. The van der Waals surface area contributed by atoms with Crippen molar-refractivity contribution in [1.29, 1.82) is 5.26 Å². The van der Waals surface area contributed by atoms with Gasteiger partial charge in [0.15, 0.2) is 0 Å². The molecule has 2 rings (SSSR count). The van der Waals surface area contributed by atoms with E-state index in [2.05, 4.69) is 17.3 Å². The van der Waals surface area contributed by atoms with Crippen molar-refractivity contribution in [3.05, 3.63) is 0 Å². The number of carbonyl (C=O) groups is 1. The third-order valence-corrected chi connectivity index (χ3v) is 4.41. The van der Waals surface area contributed by atoms with Gasteiger partial charge in [-0.2, -0.15) is 5.26 Å². The van der Waals surface area contributed by atoms with Gasteiger partial charge in [-0.1, -0.05) is 31.6 Å². The Balaban J connectivity index is 1.87. The second-order valence-electron chi connectivity index (χ2n) is 5.78. The highest BCUT2D eigenvalue weighted by Crippen LogP contribution is 2.23. The normalized spacial score (nSPS) is 27.6. The van der Waals surface area contributed by atoms with Crippen LogP contribution in [0.5, 0.6) is 0 Å². The molecule has 1 aliphatic carbocycles. The van der Waals surface area contributed by atoms with Crippen molar-refractivity contribution in [2.45, 2.75) is 69.5 Å². The van der Waals surface area contributed by atoms with Gasteiger partial charge in [-0.15, -0.1) is 6.42 Å². The zero-order valence-corrected chi connectivity index (χ0v) is 12.0. The molecule has 1 aliphatic heterocycles. The molecule has 1 amide bonds. The molecule has 1 N–H and O–H groups in total. The van der Waals surface area contributed by atoms with Crippen LogP contribution >= 0.6 is 0 Å². The average molecular weight is 273 g/mol. The van der Waals surface area contributed by atoms with Gasteiger partial charge < -0.3 is 10.2 Å². The first-order valence-corrected chi connectivity index (χ1v) is 7.66. The number of hydrogen-bond acceptors (Lipinski definition) is 3. The summed E-state index contributed by atoms with van der Waals surface area (Å²) in [6.45, 7) is 0.307. The van der Waals surface area contributed by atoms with Crippen LogP contribution in [0.2, 0.25) is 0 Å². The topological polar surface area (TPSA) is 56.1 Å². The molecular formula is C16H23N3O. The smallest absolute Gasteiger partial charge is 0.238 e. The Labute approximate surface area is 121 Å². The minimum Gasteiger partial charge on any atom is -0.312 e. The maximum absolute atomic E-state index is 12.3. The molecule has 108 valence electrons. The number of nitrogens with one attached hydrogen (secondary N) is 1. The lowest BCUT2D eigenvalue weighted by molar-refractivity contribution is -0.131. The van der Waals surface area contributed by atoms with Crippen molar-refractivity contribution in [3.8, 4) is 18.4 Å². The summed E-state index contributed by atoms with van der Waals surface area (Å²) in [7, 11) is 0. The fraction of sp³-hybridized carbons (Fsp3) is 0.750. The molecule has 0 bridgehead atoms. The lowest BCUT2D eigenvalue weighted by Crippen LogP contribution is -2.46. The van der Waals surface area contributed by atoms with E-state index in [-0.39, 0.29) is 18.0 Å². The van der Waals surface area contributed by atoms with Gasteiger partial charge in [0.05, 0.1) is 18.7 Å². The van der Waals surface area contributed by atoms with Crippen molar-refractivity contribution in [3.63, 3.8) is 0 Å². The van der Waals surface area contributed by atoms with Gasteiger partial charge in [0.25, 0.3) is 0 Å². The number of nitriles is 1. The number of likely N-dealkylation sites (tertiary alicyclic amines) is 1. The molecule has 0 aromatic carbocycles. The Hall–Kier alpha value is -1.52. The number of carbonyl (C=O) groups excluding carboxylic acids is 1. The average Bonchev–Trinajstić information content (AvgIpc) is 2.72. The van der Waals surface area contributed by atoms with E-state index in [9.17, 15) is 4.79 Å². The summed E-state index contributed by atoms with van der Waals surface area (Å²) in [5.41, 5.74) is 0. The quantitative estimate of drug-likeness (QED) is 0.630. The molecule has 0 radical (unpaired) electrons. The summed E-state index contributed by atoms with van der Waals surface area (Å²) in [6.07, 6.45) is 14.3. The van der Waals surface area contributed by atoms with Crippen LogP contribution in [0.3, 0.4) is 0 Å². The molecule has 2 atom stereocenters. The second-order valence-corrected chi connectivity index (χ2v) is 5.78. The Bertz CT molecular complexity index is 390. The Kier molecular flexibility index (Phi) is 5.44. The Morgan fingerprint density at radius 3 is 2.40 bits per heavy atom. The summed E-state index contributed by atoms with van der Waals surface area (Å²) in [6, 6.07) is 2.07. The van der Waals surface area contributed by atoms with E-state index >= 15 is 0 Å². The molecule has 2 fully saturated rings. The zero-order chi connectivity index (χ0) is 14.4. The van der Waals surface area contributed by atoms with Gasteiger partial charge >= 0.3 is 0 Å². The Morgan fingerprint density at radius 2 is 1.80 bits per heavy atom. The third-order valence-electron chi connectivity index (χ3n) is 4.41. The second kappa shape index (κ2) is 7.31. The standard InChI is InChI=1S/C16H23N3O/c1-2-14-9-10-15(11-17)19(14)16(20)12-18-13-7-5-3-4-6-8-13/h1,13-15,18H,3-10,12H2/t14-,15-/m0/s1. The molecule has 4 nitrogen and oxygen atoms in total. The molecular weight excluding hydrogens is 250 g/mol. The summed E-state index contributed by atoms with van der Waals surface area (Å²) in [4.78, 5) is 13.9. The van der Waals surface area contributed by atoms with Crippen LogP contribution in [-0.2, 0) is 4.79 Å². The first-order chi connectivity index (χ1) is 9.76. The van der Waals surface area contributed by atoms with Crippen molar-refractivity contribution < 1.29 is 4.79 Å². The van der Waals surface area contributed by atoms with Crippen molar-refractivity contribution >= 4 is 5.91 Å². The predicted molar refractivity (Wildman–Crippen MR) is 77.6 cm³/mol. The van der Waals surface area contributed by atoms with Gasteiger partial charge in [-0.05, 0) is 25.7 Å². The van der Waals surface area contributed by atoms with Crippen molar-refractivity contribution in [2.75, 3.05) is 6.54 Å². The highest BCUT2D eigenvalue weighted by atomic mass is 16.2. The fourth-order valence-corrected chi connectivity index (χ4v) is 3.26. The summed E-state index contributed by atoms with van der Waals surface area (Å²) in [5.74, 6) is 2.61. The molecule has 4 heteroatoms. The highest BCUT2D eigenvalue weighted by molar-refractivity contribution is 5.80. The van der Waals surface area contributed by atoms with Gasteiger partial charge in [-0.3, -0.25) is 4.79 Å². The van der Waals surface area contributed by atoms with Crippen LogP contribution in [0.15, 0.2) is 0 Å². The highest BCUT2D eigenvalue weighted by Gasteiger charge is 2.35. The summed E-state index contributed by atoms with van der Waals surface area (Å²) in [5, 5.41) is 12.5. The largest absolute Gasteiger partial charge is 0.312 e. The molecule has 1 heterocycles. The third kappa shape index (κ3) is 3.52. The first-order valence-electron chi connectivity index (χ1n) is 7.66. The lowest BCUT2D eigenvalue weighted by atomic mass is 10.1. The molecule has 2 aliphatic rings. The van der Waals surface area contributed by atoms with E-state index in [1.807, 2.05) is 0 Å². The molecule has 1 saturated heterocycles. The maximum atomic E-state index is 12.3. The van der Waals surface area contributed by atoms with E-state index in [0.717, 1.165) is 19.3 Å². The summed E-state index contributed by atoms with van der Waals surface area (Å²) >= 11 is 0. The van der Waals surface area contributed by atoms with Crippen molar-refractivity contribution in [2.24, 2.45) is 0 Å². The number of hydrogen-bond donors (Lipinski definition) is 1. The van der Waals surface area contributed by atoms with Crippen LogP contribution in [0.25, 0.3) is 0 Å². The van der Waals surface area contributed by atoms with Crippen LogP contribution in [0.4, 0.5) is 0 Å². The monoisotopic (exact) mass is 273 g/mol. The van der Waals surface area contributed by atoms with E-state index in [1.165, 1.54) is 25.7 Å². The van der Waals surface area contributed by atoms with Gasteiger partial charge in [0, 0.05) is 6.04 Å². The number of nitrogens with zero attached hydrogens (tertiary/aromatic N) is 2. The number of terminal acetylenes is 1. The van der Waals surface area contributed by atoms with E-state index < -0.39 is 0 Å². The van der Waals surface area contributed by atoms with Crippen LogP contribution in [0, 0.1) is 23.7 Å². The number of amides is 1. The van der Waals surface area contributed by atoms with Crippen LogP contribution in [-0.4, -0.2) is 35.5 Å². The zero-order valence-electron chi connectivity index (χ0n) is 12.0. The molecule has 1 saturated carbocycles. The van der Waals surface area contributed by atoms with Crippen LogP contribution in [0.1, 0.15) is 51.4 Å².